The number of anilines is 1. The van der Waals surface area contributed by atoms with Gasteiger partial charge in [0.2, 0.25) is 0 Å². The molecule has 1 heterocycles. The van der Waals surface area contributed by atoms with Crippen LogP contribution < -0.4 is 5.73 Å². The first kappa shape index (κ1) is 11.1. The van der Waals surface area contributed by atoms with E-state index in [0.29, 0.717) is 5.56 Å². The number of hydrogen-bond acceptors (Lipinski definition) is 3. The van der Waals surface area contributed by atoms with E-state index in [9.17, 15) is 9.18 Å². The standard InChI is InChI=1S/C12H9FN2O2/c13-9-3-1-7(2-4-9)8-5-10(14)11(12(16)17)15-6-8/h1-6H,14H2,(H,16,17). The second-order valence-electron chi connectivity index (χ2n) is 3.47. The summed E-state index contributed by atoms with van der Waals surface area (Å²) in [5, 5.41) is 8.77. The third-order valence-electron chi connectivity index (χ3n) is 2.30. The Morgan fingerprint density at radius 3 is 2.41 bits per heavy atom. The second kappa shape index (κ2) is 4.21. The molecule has 86 valence electrons. The Hall–Kier alpha value is -2.43. The summed E-state index contributed by atoms with van der Waals surface area (Å²) in [7, 11) is 0. The molecule has 0 atom stereocenters. The van der Waals surface area contributed by atoms with Crippen molar-refractivity contribution >= 4 is 11.7 Å². The quantitative estimate of drug-likeness (QED) is 0.831. The van der Waals surface area contributed by atoms with E-state index in [0.717, 1.165) is 5.56 Å². The maximum absolute atomic E-state index is 12.7. The lowest BCUT2D eigenvalue weighted by atomic mass is 10.1. The van der Waals surface area contributed by atoms with E-state index in [4.69, 9.17) is 10.8 Å². The largest absolute Gasteiger partial charge is 0.476 e. The van der Waals surface area contributed by atoms with Crippen molar-refractivity contribution in [2.24, 2.45) is 0 Å². The summed E-state index contributed by atoms with van der Waals surface area (Å²) in [4.78, 5) is 14.5. The van der Waals surface area contributed by atoms with E-state index in [1.54, 1.807) is 12.1 Å². The van der Waals surface area contributed by atoms with E-state index in [2.05, 4.69) is 4.98 Å². The van der Waals surface area contributed by atoms with Crippen molar-refractivity contribution in [3.05, 3.63) is 48.0 Å². The van der Waals surface area contributed by atoms with Gasteiger partial charge in [-0.15, -0.1) is 0 Å². The Bertz CT molecular complexity index is 567. The van der Waals surface area contributed by atoms with Crippen LogP contribution in [0.1, 0.15) is 10.5 Å². The van der Waals surface area contributed by atoms with Crippen molar-refractivity contribution in [2.45, 2.75) is 0 Å². The van der Waals surface area contributed by atoms with Crippen LogP contribution in [0.2, 0.25) is 0 Å². The van der Waals surface area contributed by atoms with Gasteiger partial charge >= 0.3 is 5.97 Å². The zero-order chi connectivity index (χ0) is 12.4. The lowest BCUT2D eigenvalue weighted by molar-refractivity contribution is 0.0692. The summed E-state index contributed by atoms with van der Waals surface area (Å²) >= 11 is 0. The molecule has 3 N–H and O–H groups in total. The highest BCUT2D eigenvalue weighted by Gasteiger charge is 2.10. The third-order valence-corrected chi connectivity index (χ3v) is 2.30. The molecule has 2 rings (SSSR count). The first-order valence-corrected chi connectivity index (χ1v) is 4.82. The third kappa shape index (κ3) is 2.23. The Morgan fingerprint density at radius 2 is 1.88 bits per heavy atom. The minimum absolute atomic E-state index is 0.0827. The van der Waals surface area contributed by atoms with Crippen LogP contribution in [0.25, 0.3) is 11.1 Å². The lowest BCUT2D eigenvalue weighted by Gasteiger charge is -2.04. The summed E-state index contributed by atoms with van der Waals surface area (Å²) in [6, 6.07) is 7.29. The van der Waals surface area contributed by atoms with Gasteiger partial charge < -0.3 is 10.8 Å². The van der Waals surface area contributed by atoms with E-state index < -0.39 is 5.97 Å². The highest BCUT2D eigenvalue weighted by atomic mass is 19.1. The van der Waals surface area contributed by atoms with E-state index >= 15 is 0 Å². The highest BCUT2D eigenvalue weighted by molar-refractivity contribution is 5.92. The summed E-state index contributed by atoms with van der Waals surface area (Å²) in [5.74, 6) is -1.51. The number of halogens is 1. The van der Waals surface area contributed by atoms with Crippen LogP contribution in [0.5, 0.6) is 0 Å². The Labute approximate surface area is 96.5 Å². The fraction of sp³-hybridized carbons (Fsp3) is 0. The average Bonchev–Trinajstić information content (AvgIpc) is 2.29. The van der Waals surface area contributed by atoms with Crippen molar-refractivity contribution < 1.29 is 14.3 Å². The number of hydrogen-bond donors (Lipinski definition) is 2. The number of aromatic nitrogens is 1. The summed E-state index contributed by atoms with van der Waals surface area (Å²) in [6.07, 6.45) is 1.40. The van der Waals surface area contributed by atoms with E-state index in [1.807, 2.05) is 0 Å². The van der Waals surface area contributed by atoms with Gasteiger partial charge in [-0.2, -0.15) is 0 Å². The number of carbonyl (C=O) groups is 1. The van der Waals surface area contributed by atoms with Crippen molar-refractivity contribution in [2.75, 3.05) is 5.73 Å². The number of benzene rings is 1. The molecule has 0 amide bonds. The first-order valence-electron chi connectivity index (χ1n) is 4.82. The normalized spacial score (nSPS) is 10.2. The second-order valence-corrected chi connectivity index (χ2v) is 3.47. The Kier molecular flexibility index (Phi) is 2.74. The molecule has 0 saturated carbocycles. The molecule has 0 spiro atoms. The zero-order valence-corrected chi connectivity index (χ0v) is 8.72. The van der Waals surface area contributed by atoms with Crippen LogP contribution in [0.4, 0.5) is 10.1 Å². The highest BCUT2D eigenvalue weighted by Crippen LogP contribution is 2.22. The van der Waals surface area contributed by atoms with Crippen molar-refractivity contribution in [3.63, 3.8) is 0 Å². The molecule has 2 aromatic rings. The van der Waals surface area contributed by atoms with Crippen LogP contribution in [-0.2, 0) is 0 Å². The maximum Gasteiger partial charge on any atom is 0.356 e. The molecule has 0 bridgehead atoms. The molecular formula is C12H9FN2O2. The predicted molar refractivity (Wildman–Crippen MR) is 61.0 cm³/mol. The SMILES string of the molecule is Nc1cc(-c2ccc(F)cc2)cnc1C(=O)O. The molecular weight excluding hydrogens is 223 g/mol. The molecule has 0 unspecified atom stereocenters. The number of nitrogens with two attached hydrogens (primary N) is 1. The van der Waals surface area contributed by atoms with Crippen molar-refractivity contribution in [3.8, 4) is 11.1 Å². The van der Waals surface area contributed by atoms with Gasteiger partial charge in [-0.1, -0.05) is 12.1 Å². The molecule has 1 aromatic heterocycles. The predicted octanol–water partition coefficient (Wildman–Crippen LogP) is 2.17. The Morgan fingerprint density at radius 1 is 1.24 bits per heavy atom. The molecule has 0 fully saturated rings. The minimum Gasteiger partial charge on any atom is -0.476 e. The zero-order valence-electron chi connectivity index (χ0n) is 8.72. The topological polar surface area (TPSA) is 76.2 Å². The molecule has 0 aliphatic carbocycles. The molecule has 0 aliphatic heterocycles. The van der Waals surface area contributed by atoms with Crippen LogP contribution in [-0.4, -0.2) is 16.1 Å². The Balaban J connectivity index is 2.44. The number of rotatable bonds is 2. The van der Waals surface area contributed by atoms with Crippen molar-refractivity contribution in [1.82, 2.24) is 4.98 Å². The fourth-order valence-electron chi connectivity index (χ4n) is 1.46. The average molecular weight is 232 g/mol. The first-order chi connectivity index (χ1) is 8.08. The van der Waals surface area contributed by atoms with Gasteiger partial charge in [0.1, 0.15) is 5.82 Å². The molecule has 0 aliphatic rings. The van der Waals surface area contributed by atoms with Gasteiger partial charge in [-0.05, 0) is 23.8 Å². The number of nitrogens with zero attached hydrogens (tertiary/aromatic N) is 1. The van der Waals surface area contributed by atoms with E-state index in [1.165, 1.54) is 24.4 Å². The van der Waals surface area contributed by atoms with E-state index in [-0.39, 0.29) is 17.2 Å². The van der Waals surface area contributed by atoms with Crippen LogP contribution in [0, 0.1) is 5.82 Å². The molecule has 0 saturated heterocycles. The van der Waals surface area contributed by atoms with Gasteiger partial charge in [0.25, 0.3) is 0 Å². The van der Waals surface area contributed by atoms with Crippen LogP contribution in [0.15, 0.2) is 36.5 Å². The summed E-state index contributed by atoms with van der Waals surface area (Å²) in [6.45, 7) is 0. The van der Waals surface area contributed by atoms with Crippen molar-refractivity contribution in [1.29, 1.82) is 0 Å². The van der Waals surface area contributed by atoms with Crippen LogP contribution in [0.3, 0.4) is 0 Å². The van der Waals surface area contributed by atoms with Gasteiger partial charge in [0.05, 0.1) is 5.69 Å². The van der Waals surface area contributed by atoms with Gasteiger partial charge in [0.15, 0.2) is 5.69 Å². The molecule has 1 aromatic carbocycles. The molecule has 4 nitrogen and oxygen atoms in total. The monoisotopic (exact) mass is 232 g/mol. The smallest absolute Gasteiger partial charge is 0.356 e. The number of carboxylic acids is 1. The molecule has 0 radical (unpaired) electrons. The number of pyridine rings is 1. The number of nitrogen functional groups attached to an aromatic ring is 1. The van der Waals surface area contributed by atoms with Gasteiger partial charge in [-0.25, -0.2) is 14.2 Å². The fourth-order valence-corrected chi connectivity index (χ4v) is 1.46. The van der Waals surface area contributed by atoms with Crippen LogP contribution >= 0.6 is 0 Å². The summed E-state index contributed by atoms with van der Waals surface area (Å²) < 4.78 is 12.7. The van der Waals surface area contributed by atoms with Gasteiger partial charge in [-0.3, -0.25) is 0 Å². The molecule has 5 heteroatoms. The molecule has 17 heavy (non-hydrogen) atoms. The summed E-state index contributed by atoms with van der Waals surface area (Å²) in [5.41, 5.74) is 6.84. The minimum atomic E-state index is -1.17. The lowest BCUT2D eigenvalue weighted by Crippen LogP contribution is -2.05. The maximum atomic E-state index is 12.7. The number of aromatic carboxylic acids is 1. The van der Waals surface area contributed by atoms with Gasteiger partial charge in [0, 0.05) is 11.8 Å². The number of carboxylic acid groups (broad SMARTS) is 1.